The molecule has 0 saturated heterocycles. The summed E-state index contributed by atoms with van der Waals surface area (Å²) in [6.45, 7) is 4.32. The molecule has 3 rings (SSSR count). The van der Waals surface area contributed by atoms with Gasteiger partial charge in [0.1, 0.15) is 11.9 Å². The third-order valence-corrected chi connectivity index (χ3v) is 3.36. The van der Waals surface area contributed by atoms with Crippen molar-refractivity contribution < 1.29 is 9.15 Å². The first-order valence-electron chi connectivity index (χ1n) is 7.36. The van der Waals surface area contributed by atoms with Crippen molar-refractivity contribution in [3.8, 4) is 5.75 Å². The van der Waals surface area contributed by atoms with E-state index in [0.717, 1.165) is 25.1 Å². The molecule has 6 heteroatoms. The monoisotopic (exact) mass is 288 g/mol. The largest absolute Gasteiger partial charge is 0.488 e. The molecule has 2 aromatic rings. The Morgan fingerprint density at radius 1 is 1.29 bits per heavy atom. The third-order valence-electron chi connectivity index (χ3n) is 3.36. The molecule has 0 fully saturated rings. The predicted octanol–water partition coefficient (Wildman–Crippen LogP) is 1.98. The molecule has 1 unspecified atom stereocenters. The highest BCUT2D eigenvalue weighted by molar-refractivity contribution is 5.37. The zero-order valence-corrected chi connectivity index (χ0v) is 12.1. The lowest BCUT2D eigenvalue weighted by Crippen LogP contribution is -2.24. The Labute approximate surface area is 123 Å². The summed E-state index contributed by atoms with van der Waals surface area (Å²) in [5, 5.41) is 14.3. The van der Waals surface area contributed by atoms with Gasteiger partial charge >= 0.3 is 6.01 Å². The quantitative estimate of drug-likeness (QED) is 0.759. The minimum atomic E-state index is 0.107. The maximum absolute atomic E-state index is 5.85. The number of nitrogens with one attached hydrogen (secondary N) is 2. The van der Waals surface area contributed by atoms with Crippen molar-refractivity contribution in [2.24, 2.45) is 0 Å². The smallest absolute Gasteiger partial charge is 0.315 e. The van der Waals surface area contributed by atoms with Gasteiger partial charge in [0.15, 0.2) is 0 Å². The molecular formula is C15H20N4O2. The van der Waals surface area contributed by atoms with Gasteiger partial charge in [-0.15, -0.1) is 5.10 Å². The third kappa shape index (κ3) is 3.52. The van der Waals surface area contributed by atoms with Gasteiger partial charge in [-0.05, 0) is 24.6 Å². The predicted molar refractivity (Wildman–Crippen MR) is 79.3 cm³/mol. The molecule has 21 heavy (non-hydrogen) atoms. The van der Waals surface area contributed by atoms with Gasteiger partial charge in [-0.1, -0.05) is 30.2 Å². The average Bonchev–Trinajstić information content (AvgIpc) is 3.11. The van der Waals surface area contributed by atoms with Crippen LogP contribution in [0.5, 0.6) is 5.75 Å². The highest BCUT2D eigenvalue weighted by atomic mass is 16.5. The van der Waals surface area contributed by atoms with E-state index in [4.69, 9.17) is 9.15 Å². The number of hydrogen-bond donors (Lipinski definition) is 2. The van der Waals surface area contributed by atoms with Crippen LogP contribution >= 0.6 is 0 Å². The average molecular weight is 288 g/mol. The van der Waals surface area contributed by atoms with Crippen LogP contribution in [0, 0.1) is 0 Å². The molecule has 0 aliphatic carbocycles. The van der Waals surface area contributed by atoms with Gasteiger partial charge in [-0.25, -0.2) is 0 Å². The molecule has 2 heterocycles. The standard InChI is InChI=1S/C15H20N4O2/c1-2-7-16-10-14-18-19-15(21-14)17-9-12-8-11-5-3-4-6-13(11)20-12/h3-6,12,16H,2,7-10H2,1H3,(H,17,19). The van der Waals surface area contributed by atoms with Crippen molar-refractivity contribution in [1.29, 1.82) is 0 Å². The zero-order valence-electron chi connectivity index (χ0n) is 12.1. The summed E-state index contributed by atoms with van der Waals surface area (Å²) in [5.74, 6) is 1.57. The van der Waals surface area contributed by atoms with E-state index in [9.17, 15) is 0 Å². The first-order chi connectivity index (χ1) is 10.3. The Kier molecular flexibility index (Phi) is 4.35. The van der Waals surface area contributed by atoms with Crippen molar-refractivity contribution in [1.82, 2.24) is 15.5 Å². The van der Waals surface area contributed by atoms with E-state index in [-0.39, 0.29) is 6.10 Å². The van der Waals surface area contributed by atoms with Crippen molar-refractivity contribution in [3.63, 3.8) is 0 Å². The zero-order chi connectivity index (χ0) is 14.5. The molecule has 0 amide bonds. The first-order valence-corrected chi connectivity index (χ1v) is 7.36. The summed E-state index contributed by atoms with van der Waals surface area (Å²) in [6.07, 6.45) is 2.09. The summed E-state index contributed by atoms with van der Waals surface area (Å²) in [4.78, 5) is 0. The number of ether oxygens (including phenoxy) is 1. The second-order valence-electron chi connectivity index (χ2n) is 5.11. The van der Waals surface area contributed by atoms with E-state index < -0.39 is 0 Å². The molecule has 0 bridgehead atoms. The van der Waals surface area contributed by atoms with E-state index in [1.165, 1.54) is 5.56 Å². The van der Waals surface area contributed by atoms with Crippen molar-refractivity contribution in [2.75, 3.05) is 18.4 Å². The fourth-order valence-corrected chi connectivity index (χ4v) is 2.34. The van der Waals surface area contributed by atoms with Crippen LogP contribution in [0.1, 0.15) is 24.8 Å². The van der Waals surface area contributed by atoms with Gasteiger partial charge < -0.3 is 19.8 Å². The number of anilines is 1. The lowest BCUT2D eigenvalue weighted by Gasteiger charge is -2.10. The molecule has 1 aliphatic heterocycles. The summed E-state index contributed by atoms with van der Waals surface area (Å²) < 4.78 is 11.4. The van der Waals surface area contributed by atoms with Gasteiger partial charge in [0.2, 0.25) is 5.89 Å². The second-order valence-corrected chi connectivity index (χ2v) is 5.11. The van der Waals surface area contributed by atoms with E-state index in [1.54, 1.807) is 0 Å². The Hall–Kier alpha value is -2.08. The van der Waals surface area contributed by atoms with Crippen LogP contribution in [0.25, 0.3) is 0 Å². The van der Waals surface area contributed by atoms with Crippen LogP contribution in [0.2, 0.25) is 0 Å². The molecule has 112 valence electrons. The number of aromatic nitrogens is 2. The molecular weight excluding hydrogens is 268 g/mol. The molecule has 0 spiro atoms. The summed E-state index contributed by atoms with van der Waals surface area (Å²) >= 11 is 0. The van der Waals surface area contributed by atoms with Gasteiger partial charge in [0, 0.05) is 6.42 Å². The van der Waals surface area contributed by atoms with E-state index in [2.05, 4.69) is 33.8 Å². The highest BCUT2D eigenvalue weighted by Gasteiger charge is 2.22. The molecule has 1 atom stereocenters. The van der Waals surface area contributed by atoms with Gasteiger partial charge in [-0.2, -0.15) is 0 Å². The number of rotatable bonds is 7. The molecule has 2 N–H and O–H groups in total. The topological polar surface area (TPSA) is 72.2 Å². The first kappa shape index (κ1) is 13.9. The maximum atomic E-state index is 5.85. The number of fused-ring (bicyclic) bond motifs is 1. The van der Waals surface area contributed by atoms with Crippen LogP contribution in [-0.2, 0) is 13.0 Å². The van der Waals surface area contributed by atoms with Crippen LogP contribution in [0.4, 0.5) is 6.01 Å². The lowest BCUT2D eigenvalue weighted by molar-refractivity contribution is 0.245. The molecule has 1 aliphatic rings. The normalized spacial score (nSPS) is 16.5. The number of nitrogens with zero attached hydrogens (tertiary/aromatic N) is 2. The molecule has 1 aromatic heterocycles. The minimum absolute atomic E-state index is 0.107. The van der Waals surface area contributed by atoms with Crippen LogP contribution in [-0.4, -0.2) is 29.4 Å². The summed E-state index contributed by atoms with van der Waals surface area (Å²) in [5.41, 5.74) is 1.25. The number of hydrogen-bond acceptors (Lipinski definition) is 6. The van der Waals surface area contributed by atoms with Crippen LogP contribution in [0.15, 0.2) is 28.7 Å². The second kappa shape index (κ2) is 6.58. The number of para-hydroxylation sites is 1. The summed E-state index contributed by atoms with van der Waals surface area (Å²) in [6, 6.07) is 8.57. The van der Waals surface area contributed by atoms with Crippen LogP contribution in [0.3, 0.4) is 0 Å². The van der Waals surface area contributed by atoms with E-state index in [0.29, 0.717) is 25.0 Å². The molecule has 0 saturated carbocycles. The highest BCUT2D eigenvalue weighted by Crippen LogP contribution is 2.28. The SMILES string of the molecule is CCCNCc1nnc(NCC2Cc3ccccc3O2)o1. The van der Waals surface area contributed by atoms with Gasteiger partial charge in [-0.3, -0.25) is 0 Å². The fourth-order valence-electron chi connectivity index (χ4n) is 2.34. The minimum Gasteiger partial charge on any atom is -0.488 e. The maximum Gasteiger partial charge on any atom is 0.315 e. The molecule has 1 aromatic carbocycles. The molecule has 6 nitrogen and oxygen atoms in total. The van der Waals surface area contributed by atoms with E-state index >= 15 is 0 Å². The Bertz CT molecular complexity index is 560. The summed E-state index contributed by atoms with van der Waals surface area (Å²) in [7, 11) is 0. The Morgan fingerprint density at radius 2 is 2.19 bits per heavy atom. The van der Waals surface area contributed by atoms with E-state index in [1.807, 2.05) is 18.2 Å². The lowest BCUT2D eigenvalue weighted by atomic mass is 10.1. The van der Waals surface area contributed by atoms with Crippen molar-refractivity contribution >= 4 is 6.01 Å². The molecule has 0 radical (unpaired) electrons. The number of benzene rings is 1. The van der Waals surface area contributed by atoms with Crippen molar-refractivity contribution in [3.05, 3.63) is 35.7 Å². The Morgan fingerprint density at radius 3 is 3.05 bits per heavy atom. The van der Waals surface area contributed by atoms with Crippen molar-refractivity contribution in [2.45, 2.75) is 32.4 Å². The van der Waals surface area contributed by atoms with Gasteiger partial charge in [0.05, 0.1) is 13.1 Å². The Balaban J connectivity index is 1.46. The van der Waals surface area contributed by atoms with Gasteiger partial charge in [0.25, 0.3) is 0 Å². The van der Waals surface area contributed by atoms with Crippen LogP contribution < -0.4 is 15.4 Å². The fraction of sp³-hybridized carbons (Fsp3) is 0.467.